The Morgan fingerprint density at radius 3 is 2.00 bits per heavy atom. The molecule has 0 radical (unpaired) electrons. The summed E-state index contributed by atoms with van der Waals surface area (Å²) in [4.78, 5) is 10.6. The van der Waals surface area contributed by atoms with E-state index in [0.717, 1.165) is 71.1 Å². The average molecular weight is 720 g/mol. The van der Waals surface area contributed by atoms with E-state index in [4.69, 9.17) is 14.4 Å². The van der Waals surface area contributed by atoms with Crippen molar-refractivity contribution in [1.29, 1.82) is 0 Å². The van der Waals surface area contributed by atoms with Crippen molar-refractivity contribution in [3.05, 3.63) is 176 Å². The van der Waals surface area contributed by atoms with Gasteiger partial charge in [-0.15, -0.1) is 11.3 Å². The van der Waals surface area contributed by atoms with Gasteiger partial charge in [-0.3, -0.25) is 0 Å². The maximum absolute atomic E-state index is 6.73. The van der Waals surface area contributed by atoms with Crippen LogP contribution in [0.2, 0.25) is 0 Å². The molecule has 4 nitrogen and oxygen atoms in total. The summed E-state index contributed by atoms with van der Waals surface area (Å²) < 4.78 is 11.4. The van der Waals surface area contributed by atoms with Gasteiger partial charge in [-0.2, -0.15) is 0 Å². The zero-order chi connectivity index (χ0) is 36.0. The van der Waals surface area contributed by atoms with E-state index in [-0.39, 0.29) is 0 Å². The van der Waals surface area contributed by atoms with E-state index in [9.17, 15) is 0 Å². The van der Waals surface area contributed by atoms with Crippen LogP contribution in [-0.2, 0) is 0 Å². The average Bonchev–Trinajstić information content (AvgIpc) is 3.93. The molecule has 0 unspecified atom stereocenters. The molecule has 12 rings (SSSR count). The maximum atomic E-state index is 6.73. The van der Waals surface area contributed by atoms with Crippen molar-refractivity contribution in [3.63, 3.8) is 0 Å². The predicted molar refractivity (Wildman–Crippen MR) is 230 cm³/mol. The lowest BCUT2D eigenvalue weighted by Gasteiger charge is -2.12. The van der Waals surface area contributed by atoms with Crippen molar-refractivity contribution in [3.8, 4) is 39.5 Å². The molecule has 0 atom stereocenters. The van der Waals surface area contributed by atoms with Crippen LogP contribution in [0.15, 0.2) is 180 Å². The third kappa shape index (κ3) is 4.51. The molecule has 256 valence electrons. The molecular formula is C50H29N3OS. The zero-order valence-electron chi connectivity index (χ0n) is 29.4. The third-order valence-electron chi connectivity index (χ3n) is 11.0. The van der Waals surface area contributed by atoms with Gasteiger partial charge in [-0.05, 0) is 58.3 Å². The van der Waals surface area contributed by atoms with Gasteiger partial charge in [0.2, 0.25) is 0 Å². The van der Waals surface area contributed by atoms with Crippen molar-refractivity contribution in [1.82, 2.24) is 14.5 Å². The summed E-state index contributed by atoms with van der Waals surface area (Å²) in [6, 6.07) is 62.4. The number of rotatable bonds is 4. The molecule has 8 aromatic carbocycles. The largest absolute Gasteiger partial charge is 0.456 e. The fraction of sp³-hybridized carbons (Fsp3) is 0. The number of fused-ring (bicyclic) bond motifs is 11. The van der Waals surface area contributed by atoms with E-state index in [1.807, 2.05) is 18.2 Å². The molecule has 0 aliphatic heterocycles. The van der Waals surface area contributed by atoms with E-state index in [1.165, 1.54) is 37.4 Å². The first-order chi connectivity index (χ1) is 27.3. The van der Waals surface area contributed by atoms with Gasteiger partial charge in [0.05, 0.1) is 26.9 Å². The van der Waals surface area contributed by atoms with Crippen LogP contribution in [-0.4, -0.2) is 14.5 Å². The Labute approximate surface area is 319 Å². The number of thiophene rings is 1. The van der Waals surface area contributed by atoms with Crippen molar-refractivity contribution >= 4 is 86.2 Å². The summed E-state index contributed by atoms with van der Waals surface area (Å²) in [5, 5.41) is 8.16. The molecule has 55 heavy (non-hydrogen) atoms. The number of furan rings is 1. The molecular weight excluding hydrogens is 691 g/mol. The molecule has 4 heterocycles. The minimum absolute atomic E-state index is 0.690. The fourth-order valence-electron chi connectivity index (χ4n) is 8.61. The zero-order valence-corrected chi connectivity index (χ0v) is 30.2. The Hall–Kier alpha value is -7.08. The molecule has 0 spiro atoms. The molecule has 0 saturated heterocycles. The fourth-order valence-corrected chi connectivity index (χ4v) is 9.76. The number of nitrogens with zero attached hydrogens (tertiary/aromatic N) is 3. The number of hydrogen-bond donors (Lipinski definition) is 0. The second-order valence-electron chi connectivity index (χ2n) is 14.1. The minimum atomic E-state index is 0.690. The molecule has 5 heteroatoms. The summed E-state index contributed by atoms with van der Waals surface area (Å²) in [5.74, 6) is 0.690. The molecule has 0 aliphatic carbocycles. The summed E-state index contributed by atoms with van der Waals surface area (Å²) in [6.07, 6.45) is 0. The Bertz CT molecular complexity index is 3490. The lowest BCUT2D eigenvalue weighted by Crippen LogP contribution is -1.95. The van der Waals surface area contributed by atoms with E-state index < -0.39 is 0 Å². The second-order valence-corrected chi connectivity index (χ2v) is 15.1. The first-order valence-corrected chi connectivity index (χ1v) is 19.3. The van der Waals surface area contributed by atoms with E-state index >= 15 is 0 Å². The second kappa shape index (κ2) is 11.7. The highest BCUT2D eigenvalue weighted by molar-refractivity contribution is 7.26. The van der Waals surface area contributed by atoms with Crippen LogP contribution in [0.1, 0.15) is 0 Å². The first kappa shape index (κ1) is 30.4. The van der Waals surface area contributed by atoms with Gasteiger partial charge < -0.3 is 8.98 Å². The molecule has 4 aromatic heterocycles. The van der Waals surface area contributed by atoms with E-state index in [1.54, 1.807) is 11.3 Å². The normalized spacial score (nSPS) is 12.0. The Morgan fingerprint density at radius 1 is 0.455 bits per heavy atom. The van der Waals surface area contributed by atoms with Crippen LogP contribution in [0.5, 0.6) is 0 Å². The first-order valence-electron chi connectivity index (χ1n) is 18.5. The van der Waals surface area contributed by atoms with Crippen LogP contribution < -0.4 is 0 Å². The van der Waals surface area contributed by atoms with Crippen molar-refractivity contribution in [2.45, 2.75) is 0 Å². The topological polar surface area (TPSA) is 43.9 Å². The van der Waals surface area contributed by atoms with Gasteiger partial charge in [-0.1, -0.05) is 133 Å². The smallest absolute Gasteiger partial charge is 0.161 e. The number of aromatic nitrogens is 3. The van der Waals surface area contributed by atoms with Crippen LogP contribution in [0, 0.1) is 0 Å². The quantitative estimate of drug-likeness (QED) is 0.182. The summed E-state index contributed by atoms with van der Waals surface area (Å²) >= 11 is 1.75. The minimum Gasteiger partial charge on any atom is -0.456 e. The number of para-hydroxylation sites is 1. The molecule has 0 saturated carbocycles. The lowest BCUT2D eigenvalue weighted by molar-refractivity contribution is 0.668. The van der Waals surface area contributed by atoms with Crippen LogP contribution >= 0.6 is 11.3 Å². The molecule has 0 aliphatic rings. The van der Waals surface area contributed by atoms with Crippen LogP contribution in [0.4, 0.5) is 0 Å². The maximum Gasteiger partial charge on any atom is 0.161 e. The highest BCUT2D eigenvalue weighted by atomic mass is 32.1. The Morgan fingerprint density at radius 2 is 1.16 bits per heavy atom. The molecule has 0 amide bonds. The van der Waals surface area contributed by atoms with E-state index in [0.29, 0.717) is 5.82 Å². The summed E-state index contributed by atoms with van der Waals surface area (Å²) in [7, 11) is 0. The van der Waals surface area contributed by atoms with Gasteiger partial charge in [0, 0.05) is 54.5 Å². The predicted octanol–water partition coefficient (Wildman–Crippen LogP) is 14.0. The Balaban J connectivity index is 1.10. The van der Waals surface area contributed by atoms with Gasteiger partial charge in [-0.25, -0.2) is 9.97 Å². The third-order valence-corrected chi connectivity index (χ3v) is 12.2. The van der Waals surface area contributed by atoms with Crippen molar-refractivity contribution < 1.29 is 4.42 Å². The van der Waals surface area contributed by atoms with Crippen LogP contribution in [0.25, 0.3) is 114 Å². The van der Waals surface area contributed by atoms with Gasteiger partial charge in [0.25, 0.3) is 0 Å². The van der Waals surface area contributed by atoms with Gasteiger partial charge in [0.15, 0.2) is 5.82 Å². The molecule has 0 bridgehead atoms. The van der Waals surface area contributed by atoms with E-state index in [2.05, 4.69) is 162 Å². The SMILES string of the molecule is c1ccc(-c2cc3c(c4ccccc24)c2ccccc2n3-c2ccc3c(c2)oc2cccc(-c4nc(-c5ccccc5)c5sc6ccccc6c5n4)c23)cc1. The van der Waals surface area contributed by atoms with Gasteiger partial charge in [0.1, 0.15) is 11.2 Å². The van der Waals surface area contributed by atoms with Gasteiger partial charge >= 0.3 is 0 Å². The highest BCUT2D eigenvalue weighted by Gasteiger charge is 2.22. The van der Waals surface area contributed by atoms with Crippen molar-refractivity contribution in [2.24, 2.45) is 0 Å². The number of hydrogen-bond acceptors (Lipinski definition) is 4. The highest BCUT2D eigenvalue weighted by Crippen LogP contribution is 2.44. The number of benzene rings is 8. The molecule has 0 N–H and O–H groups in total. The lowest BCUT2D eigenvalue weighted by atomic mass is 9.95. The van der Waals surface area contributed by atoms with Crippen LogP contribution in [0.3, 0.4) is 0 Å². The Kier molecular flexibility index (Phi) is 6.47. The standard InChI is InChI=1S/C50H29N3OS/c1-3-14-30(15-4-1)39-29-41-45(34-19-8-7-18-33(34)39)35-20-9-11-23-40(35)53(41)32-26-27-36-43(28-32)54-42-24-13-22-38(46(36)42)50-51-47(31-16-5-2-6-17-31)49-48(52-50)37-21-10-12-25-44(37)55-49/h1-29H. The molecule has 12 aromatic rings. The summed E-state index contributed by atoms with van der Waals surface area (Å²) in [6.45, 7) is 0. The van der Waals surface area contributed by atoms with Crippen molar-refractivity contribution in [2.75, 3.05) is 0 Å². The molecule has 0 fully saturated rings. The monoisotopic (exact) mass is 719 g/mol. The summed E-state index contributed by atoms with van der Waals surface area (Å²) in [5.41, 5.74) is 11.4.